The zero-order chi connectivity index (χ0) is 86.0. The van der Waals surface area contributed by atoms with E-state index in [0.29, 0.717) is 11.5 Å². The average Bonchev–Trinajstić information content (AvgIpc) is 0.757. The second kappa shape index (κ2) is 36.3. The van der Waals surface area contributed by atoms with Crippen LogP contribution < -0.4 is 72.5 Å². The molecule has 0 saturated carbocycles. The van der Waals surface area contributed by atoms with Crippen molar-refractivity contribution in [3.8, 4) is 68.6 Å². The van der Waals surface area contributed by atoms with Crippen LogP contribution in [0, 0.1) is 5.92 Å². The number of phenolic OH excluding ortho intramolecular Hbond substituents is 3. The summed E-state index contributed by atoms with van der Waals surface area (Å²) in [6.07, 6.45) is -18.6. The summed E-state index contributed by atoms with van der Waals surface area (Å²) in [6.45, 7) is 11.0. The summed E-state index contributed by atoms with van der Waals surface area (Å²) in [5, 5.41) is 130. The molecule has 7 aromatic rings. The topological polar surface area (TPSA) is 518 Å². The quantitative estimate of drug-likeness (QED) is 0.0560. The average molecular weight is 1690 g/mol. The van der Waals surface area contributed by atoms with Crippen LogP contribution in [0.5, 0.6) is 57.5 Å². The molecule has 7 aromatic carbocycles. The normalized spacial score (nSPS) is 26.8. The number of para-hydroxylation sites is 1. The van der Waals surface area contributed by atoms with E-state index in [1.165, 1.54) is 31.3 Å². The largest absolute Gasteiger partial charge is 0.508 e. The molecule has 0 aromatic heterocycles. The molecule has 18 atom stereocenters. The number of hydrogen-bond acceptors (Lipinski definition) is 26. The minimum Gasteiger partial charge on any atom is -0.508 e. The predicted molar refractivity (Wildman–Crippen MR) is 425 cm³/mol. The summed E-state index contributed by atoms with van der Waals surface area (Å²) < 4.78 is 45.6. The van der Waals surface area contributed by atoms with Crippen LogP contribution in [0.4, 0.5) is 0 Å². The van der Waals surface area contributed by atoms with Gasteiger partial charge in [-0.15, -0.1) is 0 Å². The Morgan fingerprint density at radius 3 is 1.90 bits per heavy atom. The Bertz CT molecular complexity index is 4990. The van der Waals surface area contributed by atoms with Crippen molar-refractivity contribution >= 4 is 70.5 Å². The summed E-state index contributed by atoms with van der Waals surface area (Å²) in [4.78, 5) is 120. The third-order valence-corrected chi connectivity index (χ3v) is 21.4. The molecule has 14 rings (SSSR count). The van der Waals surface area contributed by atoms with Crippen molar-refractivity contribution in [1.82, 2.24) is 47.9 Å². The van der Waals surface area contributed by atoms with Crippen LogP contribution in [0.1, 0.15) is 131 Å². The predicted octanol–water partition coefficient (Wildman–Crippen LogP) is 4.56. The second-order valence-corrected chi connectivity index (χ2v) is 32.3. The van der Waals surface area contributed by atoms with Gasteiger partial charge in [-0.25, -0.2) is 0 Å². The number of aliphatic hydroxyl groups excluding tert-OH is 6. The lowest BCUT2D eigenvalue weighted by Gasteiger charge is -2.48. The molecule has 0 spiro atoms. The van der Waals surface area contributed by atoms with Gasteiger partial charge in [0.15, 0.2) is 23.9 Å². The maximum absolute atomic E-state index is 16.3. The molecule has 36 heteroatoms. The lowest BCUT2D eigenvalue weighted by Crippen LogP contribution is -2.65. The zero-order valence-corrected chi connectivity index (χ0v) is 67.1. The third kappa shape index (κ3) is 19.8. The highest BCUT2D eigenvalue weighted by Gasteiger charge is 2.52. The van der Waals surface area contributed by atoms with Crippen molar-refractivity contribution < 1.29 is 117 Å². The van der Waals surface area contributed by atoms with Crippen LogP contribution in [0.3, 0.4) is 0 Å². The van der Waals surface area contributed by atoms with E-state index in [0.717, 1.165) is 60.2 Å². The van der Waals surface area contributed by atoms with E-state index < -0.39 is 226 Å². The number of nitrogens with one attached hydrogen (secondary N) is 9. The van der Waals surface area contributed by atoms with Gasteiger partial charge in [0.1, 0.15) is 107 Å². The summed E-state index contributed by atoms with van der Waals surface area (Å²) in [7, 11) is 1.48. The summed E-state index contributed by atoms with van der Waals surface area (Å²) >= 11 is 14.4. The number of rotatable bonds is 18. The molecule has 634 valence electrons. The van der Waals surface area contributed by atoms with Gasteiger partial charge in [0.2, 0.25) is 59.3 Å². The van der Waals surface area contributed by atoms with Crippen molar-refractivity contribution in [2.75, 3.05) is 13.7 Å². The van der Waals surface area contributed by atoms with Crippen LogP contribution in [-0.2, 0) is 59.1 Å². The van der Waals surface area contributed by atoms with Crippen molar-refractivity contribution in [3.05, 3.63) is 177 Å². The van der Waals surface area contributed by atoms with Crippen LogP contribution in [0.25, 0.3) is 11.1 Å². The van der Waals surface area contributed by atoms with Gasteiger partial charge >= 0.3 is 0 Å². The number of carbonyl (C=O) groups is 8. The van der Waals surface area contributed by atoms with Gasteiger partial charge in [0, 0.05) is 41.2 Å². The van der Waals surface area contributed by atoms with E-state index >= 15 is 24.0 Å². The number of halogens is 2. The number of likely N-dealkylation sites (N-methyl/N-ethyl adjacent to an activating group) is 1. The maximum Gasteiger partial charge on any atom is 0.248 e. The highest BCUT2D eigenvalue weighted by molar-refractivity contribution is 6.32. The van der Waals surface area contributed by atoms with E-state index in [2.05, 4.69) is 47.9 Å². The van der Waals surface area contributed by atoms with Crippen LogP contribution in [0.15, 0.2) is 133 Å². The number of phenols is 3. The number of carbonyl (C=O) groups excluding carboxylic acids is 8. The first-order valence-corrected chi connectivity index (χ1v) is 39.0. The molecule has 2 saturated heterocycles. The van der Waals surface area contributed by atoms with Crippen LogP contribution >= 0.6 is 23.2 Å². The molecule has 8 amide bonds. The molecular formula is C83H94Cl2N10O24. The highest BCUT2D eigenvalue weighted by atomic mass is 35.5. The summed E-state index contributed by atoms with van der Waals surface area (Å²) in [5.41, 5.74) is 2.00. The fraction of sp³-hybridized carbons (Fsp3) is 0.398. The Morgan fingerprint density at radius 1 is 0.672 bits per heavy atom. The number of amides is 8. The number of ether oxygens (including phenoxy) is 7. The first-order valence-electron chi connectivity index (χ1n) is 38.2. The standard InChI is InChI=1S/C83H94Cl2N10O24/c1-36(2)24-50(87-8)74(106)93-65-67(101)40-17-22-54(48(84)26-40)115-56-28-42-29-57(71(56)119-81-72(70(104)69(103)58(35-96)117-81)118-60-33-83(7,73(105)37(3)113-60)88-34-38-14-19-45(20-15-38)114-44-12-10-9-11-13-44)116-55-23-18-41(27-49(55)85)68(102)66-79(111)92-64(80(112)95-82(4,5)6)47-30-43(97)31-53(99)61(47)46-25-39(16-21-52(46)98)62(76(108)94-66)91-77(109)63(42)90-75(107)51(32-59(86)100)89-78(65)110/h9-23,25-31,36-37,50-51,58,60,62-70,72-73,81,87-88,96-99,101-105H,24,32-35H2,1-8H3,(H2,86,100)(H,89,110)(H,90,107)(H,91,109)(H,92,111)(H,93,106)(H,94,108)(H,95,112)/t37-,50+,51-,58+,60-,62+,63+,64-,65+,66-,67+,68+,69+,70-,72+,73-,81-,83-/m0/s1. The van der Waals surface area contributed by atoms with E-state index in [1.807, 2.05) is 56.3 Å². The maximum atomic E-state index is 16.3. The monoisotopic (exact) mass is 1680 g/mol. The second-order valence-electron chi connectivity index (χ2n) is 31.4. The molecular weight excluding hydrogens is 1590 g/mol. The zero-order valence-electron chi connectivity index (χ0n) is 65.6. The Morgan fingerprint density at radius 2 is 1.29 bits per heavy atom. The number of benzene rings is 7. The highest BCUT2D eigenvalue weighted by Crippen LogP contribution is 2.50. The Balaban J connectivity index is 1.04. The molecule has 34 nitrogen and oxygen atoms in total. The van der Waals surface area contributed by atoms with Gasteiger partial charge in [-0.3, -0.25) is 38.4 Å². The first kappa shape index (κ1) is 87.4. The van der Waals surface area contributed by atoms with Gasteiger partial charge in [-0.2, -0.15) is 0 Å². The van der Waals surface area contributed by atoms with E-state index in [4.69, 9.17) is 62.1 Å². The number of primary amides is 1. The van der Waals surface area contributed by atoms with Crippen molar-refractivity contribution in [1.29, 1.82) is 0 Å². The van der Waals surface area contributed by atoms with Crippen molar-refractivity contribution in [3.63, 3.8) is 0 Å². The number of hydrogen-bond donors (Lipinski definition) is 19. The molecule has 11 bridgehead atoms. The Kier molecular flexibility index (Phi) is 26.7. The number of fused-ring (bicyclic) bond motifs is 15. The van der Waals surface area contributed by atoms with Gasteiger partial charge in [0.05, 0.1) is 41.3 Å². The smallest absolute Gasteiger partial charge is 0.248 e. The third-order valence-electron chi connectivity index (χ3n) is 20.8. The van der Waals surface area contributed by atoms with Crippen molar-refractivity contribution in [2.45, 2.75) is 189 Å². The van der Waals surface area contributed by atoms with Crippen molar-refractivity contribution in [2.24, 2.45) is 11.7 Å². The van der Waals surface area contributed by atoms with Gasteiger partial charge in [0.25, 0.3) is 0 Å². The van der Waals surface area contributed by atoms with E-state index in [-0.39, 0.29) is 69.6 Å². The Labute approximate surface area is 692 Å². The molecule has 0 unspecified atom stereocenters. The Hall–Kier alpha value is -11.0. The fourth-order valence-electron chi connectivity index (χ4n) is 14.7. The summed E-state index contributed by atoms with van der Waals surface area (Å²) in [6, 6.07) is 16.8. The molecule has 119 heavy (non-hydrogen) atoms. The van der Waals surface area contributed by atoms with Crippen LogP contribution in [0.2, 0.25) is 10.0 Å². The number of aromatic hydroxyl groups is 3. The lowest BCUT2D eigenvalue weighted by atomic mass is 9.84. The van der Waals surface area contributed by atoms with E-state index in [9.17, 15) is 60.3 Å². The van der Waals surface area contributed by atoms with Gasteiger partial charge in [-0.1, -0.05) is 85.6 Å². The molecule has 2 fully saturated rings. The minimum absolute atomic E-state index is 0.103. The molecule has 20 N–H and O–H groups in total. The molecule has 7 aliphatic rings. The van der Waals surface area contributed by atoms with Gasteiger partial charge < -0.3 is 133 Å². The van der Waals surface area contributed by atoms with E-state index in [1.54, 1.807) is 46.8 Å². The molecule has 7 aliphatic heterocycles. The minimum atomic E-state index is -2.35. The lowest BCUT2D eigenvalue weighted by molar-refractivity contribution is -0.334. The first-order chi connectivity index (χ1) is 56.4. The molecule has 0 radical (unpaired) electrons. The number of nitrogens with two attached hydrogens (primary N) is 1. The van der Waals surface area contributed by atoms with Crippen LogP contribution in [-0.4, -0.2) is 191 Å². The van der Waals surface area contributed by atoms with Gasteiger partial charge in [-0.05, 0) is 166 Å². The number of aliphatic hydroxyl groups is 6. The molecule has 7 heterocycles. The fourth-order valence-corrected chi connectivity index (χ4v) is 15.2. The SMILES string of the molecule is CN[C@H](CC(C)C)C(=O)N[C@H]1C(=O)N[C@@H](CC(N)=O)C(=O)N[C@H]2C(=O)N[C@H]3C(=O)N[C@H](C(=O)N[C@H](C(=O)NC(C)(C)C)c4cc(O)cc(O)c4-c4cc3ccc4O)[C@H](O)c3ccc(c(Cl)c3)Oc3cc2cc(c3O[C@@H]2O[C@H](CO)[C@@H](O)[C@H](O)[C@H]2O[C@H]2C[C@](C)(NCc3ccc(Oc4ccccc4)cc3)[C@@H](O)[C@H](C)O2)Oc2ccc(cc2Cl)[C@H]1O. The molecule has 0 aliphatic carbocycles. The summed E-state index contributed by atoms with van der Waals surface area (Å²) in [5.74, 6) is -13.4.